The number of fused-ring (bicyclic) bond motifs is 2. The molecule has 1 aliphatic rings. The second-order valence-corrected chi connectivity index (χ2v) is 4.75. The van der Waals surface area contributed by atoms with Crippen molar-refractivity contribution >= 4 is 11.4 Å². The number of rotatable bonds is 0. The molecule has 0 amide bonds. The van der Waals surface area contributed by atoms with Gasteiger partial charge in [0, 0.05) is 11.4 Å². The van der Waals surface area contributed by atoms with Gasteiger partial charge in [-0.15, -0.1) is 0 Å². The van der Waals surface area contributed by atoms with Gasteiger partial charge in [0.25, 0.3) is 0 Å². The van der Waals surface area contributed by atoms with Crippen molar-refractivity contribution in [2.24, 2.45) is 0 Å². The Morgan fingerprint density at radius 1 is 0.682 bits per heavy atom. The van der Waals surface area contributed by atoms with Crippen molar-refractivity contribution in [3.63, 3.8) is 0 Å². The molecule has 0 saturated carbocycles. The number of anilines is 2. The number of nitrogen functional groups attached to an aromatic ring is 2. The summed E-state index contributed by atoms with van der Waals surface area (Å²) in [6, 6.07) is 5.88. The maximum atomic E-state index is 14.2. The summed E-state index contributed by atoms with van der Waals surface area (Å²) >= 11 is 0. The first-order valence-electron chi connectivity index (χ1n) is 6.13. The largest absolute Gasteiger partial charge is 0.430 e. The minimum absolute atomic E-state index is 0.0351. The first-order chi connectivity index (χ1) is 10.2. The first kappa shape index (κ1) is 14.3. The van der Waals surface area contributed by atoms with Gasteiger partial charge in [0.15, 0.2) is 0 Å². The van der Waals surface area contributed by atoms with Crippen LogP contribution in [0.4, 0.5) is 28.9 Å². The van der Waals surface area contributed by atoms with Crippen LogP contribution in [0.1, 0.15) is 11.1 Å². The molecule has 22 heavy (non-hydrogen) atoms. The molecule has 0 aromatic heterocycles. The molecule has 0 radical (unpaired) electrons. The molecule has 0 saturated heterocycles. The van der Waals surface area contributed by atoms with Gasteiger partial charge < -0.3 is 20.9 Å². The highest BCUT2D eigenvalue weighted by Gasteiger charge is 2.47. The fraction of sp³-hybridized carbons (Fsp3) is 0.143. The maximum absolute atomic E-state index is 14.2. The van der Waals surface area contributed by atoms with Crippen LogP contribution in [-0.4, -0.2) is 0 Å². The number of alkyl halides is 4. The topological polar surface area (TPSA) is 70.5 Å². The van der Waals surface area contributed by atoms with E-state index in [1.165, 1.54) is 12.1 Å². The summed E-state index contributed by atoms with van der Waals surface area (Å²) in [6.45, 7) is 0. The molecule has 0 bridgehead atoms. The Bertz CT molecular complexity index is 686. The number of halogens is 4. The molecule has 1 aliphatic heterocycles. The van der Waals surface area contributed by atoms with Crippen molar-refractivity contribution in [2.45, 2.75) is 12.2 Å². The van der Waals surface area contributed by atoms with E-state index in [4.69, 9.17) is 11.5 Å². The molecule has 2 aromatic rings. The Morgan fingerprint density at radius 3 is 1.41 bits per heavy atom. The van der Waals surface area contributed by atoms with Gasteiger partial charge in [0.05, 0.1) is 0 Å². The molecule has 0 aliphatic carbocycles. The van der Waals surface area contributed by atoms with E-state index in [2.05, 4.69) is 9.47 Å². The molecule has 8 heteroatoms. The maximum Gasteiger partial charge on any atom is 0.430 e. The number of nitrogens with two attached hydrogens (primary N) is 2. The van der Waals surface area contributed by atoms with Crippen LogP contribution in [0.5, 0.6) is 11.5 Å². The lowest BCUT2D eigenvalue weighted by Crippen LogP contribution is -2.32. The normalized spacial score (nSPS) is 18.0. The van der Waals surface area contributed by atoms with E-state index >= 15 is 0 Å². The molecule has 0 unspecified atom stereocenters. The van der Waals surface area contributed by atoms with E-state index in [0.717, 1.165) is 24.3 Å². The van der Waals surface area contributed by atoms with Crippen LogP contribution < -0.4 is 20.9 Å². The van der Waals surface area contributed by atoms with Crippen molar-refractivity contribution in [1.29, 1.82) is 0 Å². The summed E-state index contributed by atoms with van der Waals surface area (Å²) in [5, 5.41) is 0. The van der Waals surface area contributed by atoms with Crippen molar-refractivity contribution < 1.29 is 27.0 Å². The van der Waals surface area contributed by atoms with Crippen LogP contribution in [0.15, 0.2) is 36.4 Å². The van der Waals surface area contributed by atoms with Crippen LogP contribution in [0.2, 0.25) is 0 Å². The Balaban J connectivity index is 2.23. The molecule has 0 atom stereocenters. The van der Waals surface area contributed by atoms with Gasteiger partial charge in [-0.2, -0.15) is 17.6 Å². The number of benzene rings is 2. The molecule has 0 fully saturated rings. The van der Waals surface area contributed by atoms with Gasteiger partial charge in [0.1, 0.15) is 22.6 Å². The molecule has 116 valence electrons. The molecule has 4 nitrogen and oxygen atoms in total. The highest BCUT2D eigenvalue weighted by molar-refractivity contribution is 5.53. The van der Waals surface area contributed by atoms with Crippen LogP contribution >= 0.6 is 0 Å². The van der Waals surface area contributed by atoms with Crippen molar-refractivity contribution in [1.82, 2.24) is 0 Å². The van der Waals surface area contributed by atoms with E-state index in [9.17, 15) is 17.6 Å². The van der Waals surface area contributed by atoms with Crippen LogP contribution in [-0.2, 0) is 12.2 Å². The van der Waals surface area contributed by atoms with Gasteiger partial charge in [-0.3, -0.25) is 0 Å². The fourth-order valence-corrected chi connectivity index (χ4v) is 2.11. The second kappa shape index (κ2) is 4.43. The Hall–Kier alpha value is -2.64. The first-order valence-corrected chi connectivity index (χ1v) is 6.13. The summed E-state index contributed by atoms with van der Waals surface area (Å²) in [7, 11) is 0. The van der Waals surface area contributed by atoms with E-state index in [0.29, 0.717) is 0 Å². The fourth-order valence-electron chi connectivity index (χ4n) is 2.11. The lowest BCUT2D eigenvalue weighted by Gasteiger charge is -2.29. The average Bonchev–Trinajstić information content (AvgIpc) is 2.41. The van der Waals surface area contributed by atoms with Gasteiger partial charge >= 0.3 is 12.2 Å². The Labute approximate surface area is 122 Å². The Morgan fingerprint density at radius 2 is 1.05 bits per heavy atom. The smallest absolute Gasteiger partial charge is 0.428 e. The van der Waals surface area contributed by atoms with Crippen molar-refractivity contribution in [3.05, 3.63) is 47.5 Å². The summed E-state index contributed by atoms with van der Waals surface area (Å²) < 4.78 is 65.8. The summed E-state index contributed by atoms with van der Waals surface area (Å²) in [5.74, 6) is -1.45. The van der Waals surface area contributed by atoms with Gasteiger partial charge in [-0.25, -0.2) is 0 Å². The third-order valence-corrected chi connectivity index (χ3v) is 3.11. The number of ether oxygens (including phenoxy) is 2. The lowest BCUT2D eigenvalue weighted by atomic mass is 10.1. The quantitative estimate of drug-likeness (QED) is 0.577. The van der Waals surface area contributed by atoms with E-state index in [1.54, 1.807) is 0 Å². The zero-order valence-corrected chi connectivity index (χ0v) is 10.9. The SMILES string of the molecule is Nc1ccc2c(c1)C(F)(F)Oc1ccc(N)cc1C(F)(F)O2. The second-order valence-electron chi connectivity index (χ2n) is 4.75. The van der Waals surface area contributed by atoms with Crippen LogP contribution in [0, 0.1) is 0 Å². The zero-order chi connectivity index (χ0) is 16.1. The lowest BCUT2D eigenvalue weighted by molar-refractivity contribution is -0.220. The molecule has 2 aromatic carbocycles. The zero-order valence-electron chi connectivity index (χ0n) is 10.9. The summed E-state index contributed by atoms with van der Waals surface area (Å²) in [5.41, 5.74) is 9.02. The van der Waals surface area contributed by atoms with Crippen molar-refractivity contribution in [2.75, 3.05) is 11.5 Å². The van der Waals surface area contributed by atoms with E-state index in [-0.39, 0.29) is 11.4 Å². The van der Waals surface area contributed by atoms with E-state index < -0.39 is 34.8 Å². The molecule has 4 N–H and O–H groups in total. The van der Waals surface area contributed by atoms with Crippen LogP contribution in [0.3, 0.4) is 0 Å². The molecular weight excluding hydrogens is 304 g/mol. The monoisotopic (exact) mass is 314 g/mol. The van der Waals surface area contributed by atoms with Crippen LogP contribution in [0.25, 0.3) is 0 Å². The minimum atomic E-state index is -3.90. The predicted molar refractivity (Wildman–Crippen MR) is 70.8 cm³/mol. The molecular formula is C14H10F4N2O2. The third kappa shape index (κ3) is 2.26. The minimum Gasteiger partial charge on any atom is -0.428 e. The summed E-state index contributed by atoms with van der Waals surface area (Å²) in [6.07, 6.45) is -7.79. The number of hydrogen-bond acceptors (Lipinski definition) is 4. The molecule has 0 spiro atoms. The van der Waals surface area contributed by atoms with Gasteiger partial charge in [-0.05, 0) is 36.4 Å². The standard InChI is InChI=1S/C14H10F4N2O2/c15-13(16)9-5-7(19)1-3-11(9)21-14(17,18)10-6-8(20)2-4-12(10)22-13/h1-6H,19-20H2. The third-order valence-electron chi connectivity index (χ3n) is 3.11. The summed E-state index contributed by atoms with van der Waals surface area (Å²) in [4.78, 5) is 0. The highest BCUT2D eigenvalue weighted by atomic mass is 19.3. The van der Waals surface area contributed by atoms with E-state index in [1.807, 2.05) is 0 Å². The van der Waals surface area contributed by atoms with Gasteiger partial charge in [-0.1, -0.05) is 0 Å². The molecule has 3 rings (SSSR count). The highest BCUT2D eigenvalue weighted by Crippen LogP contribution is 2.47. The predicted octanol–water partition coefficient (Wildman–Crippen LogP) is 3.42. The Kier molecular flexibility index (Phi) is 2.88. The van der Waals surface area contributed by atoms with Crippen molar-refractivity contribution in [3.8, 4) is 11.5 Å². The van der Waals surface area contributed by atoms with Gasteiger partial charge in [0.2, 0.25) is 0 Å². The number of hydrogen-bond donors (Lipinski definition) is 2. The average molecular weight is 314 g/mol. The molecule has 1 heterocycles.